The van der Waals surface area contributed by atoms with E-state index in [0.717, 1.165) is 0 Å². The van der Waals surface area contributed by atoms with Gasteiger partial charge in [-0.05, 0) is 53.3 Å². The van der Waals surface area contributed by atoms with Crippen LogP contribution in [0.5, 0.6) is 0 Å². The molecule has 0 nitrogen and oxygen atoms in total. The number of halogens is 2. The Morgan fingerprint density at radius 2 is 0.481 bits per heavy atom. The first-order valence-electron chi connectivity index (χ1n) is 16.4. The van der Waals surface area contributed by atoms with Gasteiger partial charge in [-0.25, -0.2) is 0 Å². The van der Waals surface area contributed by atoms with Crippen LogP contribution in [0.15, 0.2) is 146 Å². The Hall–Kier alpha value is -0.614. The van der Waals surface area contributed by atoms with E-state index in [-0.39, 0.29) is 109 Å². The number of rotatable bonds is 4. The molecule has 52 heavy (non-hydrogen) atoms. The van der Waals surface area contributed by atoms with Gasteiger partial charge in [-0.15, -0.1) is 193 Å². The molecule has 8 aromatic rings. The quantitative estimate of drug-likeness (QED) is 0.157. The fourth-order valence-electron chi connectivity index (χ4n) is 5.57. The summed E-state index contributed by atoms with van der Waals surface area (Å²) in [6.45, 7) is 18.4. The molecule has 0 heterocycles. The molecule has 0 fully saturated rings. The van der Waals surface area contributed by atoms with Crippen LogP contribution in [0.25, 0.3) is 43.1 Å². The molecule has 0 N–H and O–H groups in total. The minimum absolute atomic E-state index is 0. The van der Waals surface area contributed by atoms with Crippen molar-refractivity contribution in [2.24, 2.45) is 0 Å². The van der Waals surface area contributed by atoms with E-state index in [1.807, 2.05) is 0 Å². The molecule has 0 saturated heterocycles. The van der Waals surface area contributed by atoms with Crippen LogP contribution in [0, 0.1) is 0 Å². The largest absolute Gasteiger partial charge is 2.00 e. The molecule has 0 aliphatic rings. The Balaban J connectivity index is 0.000000338. The van der Waals surface area contributed by atoms with Gasteiger partial charge in [0.05, 0.1) is 0 Å². The summed E-state index contributed by atoms with van der Waals surface area (Å²) in [7, 11) is 0.230. The number of hydrogen-bond donors (Lipinski definition) is 0. The van der Waals surface area contributed by atoms with Gasteiger partial charge in [0.15, 0.2) is 0 Å². The maximum Gasteiger partial charge on any atom is 2.00 e. The molecule has 0 radical (unpaired) electrons. The molecule has 8 rings (SSSR count). The molecule has 268 valence electrons. The SMILES string of the molecule is CP(C)c1cc2ccccc2[cH-]1.CP(C)c1cc2ccccc2[cH-]1.CP(C)c1cc2ccccc2[cH-]1.CP(C)c1cc2ccccc2[cH-]1.[Cl-].[Cl-].[Zr+2].[Zr+2]. The second kappa shape index (κ2) is 24.1. The Morgan fingerprint density at radius 3 is 0.635 bits per heavy atom. The summed E-state index contributed by atoms with van der Waals surface area (Å²) in [5.41, 5.74) is 0. The summed E-state index contributed by atoms with van der Waals surface area (Å²) < 4.78 is 0. The first-order chi connectivity index (χ1) is 23.1. The fraction of sp³-hybridized carbons (Fsp3) is 0.182. The van der Waals surface area contributed by atoms with Crippen molar-refractivity contribution in [1.29, 1.82) is 0 Å². The van der Waals surface area contributed by atoms with E-state index in [4.69, 9.17) is 0 Å². The van der Waals surface area contributed by atoms with Crippen molar-refractivity contribution >= 4 is 96.0 Å². The van der Waals surface area contributed by atoms with Gasteiger partial charge in [-0.2, -0.15) is 24.3 Å². The van der Waals surface area contributed by atoms with E-state index in [0.29, 0.717) is 0 Å². The molecule has 8 aromatic carbocycles. The Bertz CT molecular complexity index is 1740. The summed E-state index contributed by atoms with van der Waals surface area (Å²) in [6, 6.07) is 52.7. The number of hydrogen-bond acceptors (Lipinski definition) is 0. The van der Waals surface area contributed by atoms with E-state index >= 15 is 0 Å². The van der Waals surface area contributed by atoms with Crippen LogP contribution in [-0.4, -0.2) is 53.3 Å². The molecule has 0 amide bonds. The van der Waals surface area contributed by atoms with E-state index in [1.54, 1.807) is 0 Å². The Morgan fingerprint density at radius 1 is 0.308 bits per heavy atom. The first kappa shape index (κ1) is 49.4. The Kier molecular flexibility index (Phi) is 22.9. The molecular weight excluding hydrogens is 906 g/mol. The minimum Gasteiger partial charge on any atom is -1.00 e. The number of benzene rings is 4. The van der Waals surface area contributed by atoms with E-state index in [2.05, 4.69) is 199 Å². The Labute approximate surface area is 368 Å². The predicted molar refractivity (Wildman–Crippen MR) is 232 cm³/mol. The molecule has 8 heteroatoms. The van der Waals surface area contributed by atoms with Crippen molar-refractivity contribution in [2.45, 2.75) is 0 Å². The summed E-state index contributed by atoms with van der Waals surface area (Å²) in [4.78, 5) is 0. The van der Waals surface area contributed by atoms with Crippen LogP contribution < -0.4 is 46.0 Å². The average Bonchev–Trinajstić information content (AvgIpc) is 3.89. The second-order valence-corrected chi connectivity index (χ2v) is 22.2. The van der Waals surface area contributed by atoms with Gasteiger partial charge in [0.1, 0.15) is 0 Å². The minimum atomic E-state index is 0. The van der Waals surface area contributed by atoms with Gasteiger partial charge in [0.25, 0.3) is 0 Å². The second-order valence-electron chi connectivity index (χ2n) is 12.9. The van der Waals surface area contributed by atoms with Crippen LogP contribution in [-0.2, 0) is 52.4 Å². The summed E-state index contributed by atoms with van der Waals surface area (Å²) in [5, 5.41) is 17.1. The van der Waals surface area contributed by atoms with E-state index in [9.17, 15) is 0 Å². The third kappa shape index (κ3) is 13.8. The van der Waals surface area contributed by atoms with Crippen molar-refractivity contribution in [3.05, 3.63) is 146 Å². The van der Waals surface area contributed by atoms with Crippen LogP contribution in [0.2, 0.25) is 0 Å². The summed E-state index contributed by atoms with van der Waals surface area (Å²) in [6.07, 6.45) is 0. The maximum atomic E-state index is 2.31. The molecule has 0 unspecified atom stereocenters. The first-order valence-corrected chi connectivity index (χ1v) is 25.3. The van der Waals surface area contributed by atoms with Gasteiger partial charge in [0.2, 0.25) is 0 Å². The van der Waals surface area contributed by atoms with Gasteiger partial charge in [0, 0.05) is 0 Å². The van der Waals surface area contributed by atoms with Crippen molar-refractivity contribution in [3.63, 3.8) is 0 Å². The molecule has 0 spiro atoms. The fourth-order valence-corrected chi connectivity index (χ4v) is 8.75. The van der Waals surface area contributed by atoms with Crippen molar-refractivity contribution in [3.8, 4) is 0 Å². The van der Waals surface area contributed by atoms with Gasteiger partial charge in [-0.3, -0.25) is 0 Å². The molecule has 0 saturated carbocycles. The zero-order valence-electron chi connectivity index (χ0n) is 31.4. The zero-order valence-corrected chi connectivity index (χ0v) is 41.4. The standard InChI is InChI=1S/4C11H12P.2ClH.2Zr/c4*1-12(2)11-7-9-5-3-4-6-10(9)8-11;;;;/h4*3-8H,1-2H3;2*1H;;/q4*-1;;;2*+2/p-2. The smallest absolute Gasteiger partial charge is 1.00 e. The van der Waals surface area contributed by atoms with Crippen molar-refractivity contribution in [2.75, 3.05) is 53.3 Å². The van der Waals surface area contributed by atoms with Crippen LogP contribution >= 0.6 is 31.7 Å². The molecule has 0 aliphatic heterocycles. The molecule has 0 atom stereocenters. The van der Waals surface area contributed by atoms with Crippen molar-refractivity contribution in [1.82, 2.24) is 0 Å². The topological polar surface area (TPSA) is 0 Å². The predicted octanol–water partition coefficient (Wildman–Crippen LogP) is 5.71. The van der Waals surface area contributed by atoms with Crippen LogP contribution in [0.1, 0.15) is 0 Å². The van der Waals surface area contributed by atoms with Gasteiger partial charge >= 0.3 is 52.4 Å². The molecule has 0 aliphatic carbocycles. The summed E-state index contributed by atoms with van der Waals surface area (Å²) in [5.74, 6) is 0. The van der Waals surface area contributed by atoms with Gasteiger partial charge in [-0.1, -0.05) is 24.3 Å². The zero-order chi connectivity index (χ0) is 34.2. The van der Waals surface area contributed by atoms with Crippen LogP contribution in [0.4, 0.5) is 0 Å². The van der Waals surface area contributed by atoms with E-state index < -0.39 is 0 Å². The maximum absolute atomic E-state index is 2.31. The molecular formula is C44H48Cl2P4Zr2-2. The molecule has 0 bridgehead atoms. The molecule has 0 aromatic heterocycles. The third-order valence-corrected chi connectivity index (χ3v) is 13.6. The average molecular weight is 954 g/mol. The third-order valence-electron chi connectivity index (χ3n) is 8.48. The normalized spacial score (nSPS) is 10.4. The monoisotopic (exact) mass is 950 g/mol. The van der Waals surface area contributed by atoms with Crippen LogP contribution in [0.3, 0.4) is 0 Å². The van der Waals surface area contributed by atoms with E-state index in [1.165, 1.54) is 64.3 Å². The van der Waals surface area contributed by atoms with Crippen molar-refractivity contribution < 1.29 is 77.2 Å². The number of fused-ring (bicyclic) bond motifs is 4. The summed E-state index contributed by atoms with van der Waals surface area (Å²) >= 11 is 0. The van der Waals surface area contributed by atoms with Gasteiger partial charge < -0.3 is 24.8 Å².